The quantitative estimate of drug-likeness (QED) is 0.874. The van der Waals surface area contributed by atoms with Crippen molar-refractivity contribution in [2.75, 3.05) is 10.2 Å². The summed E-state index contributed by atoms with van der Waals surface area (Å²) in [6.45, 7) is 3.84. The third-order valence-electron chi connectivity index (χ3n) is 3.92. The van der Waals surface area contributed by atoms with Gasteiger partial charge < -0.3 is 5.32 Å². The predicted octanol–water partition coefficient (Wildman–Crippen LogP) is 3.70. The Balaban J connectivity index is 1.87. The predicted molar refractivity (Wildman–Crippen MR) is 91.9 cm³/mol. The van der Waals surface area contributed by atoms with Gasteiger partial charge in [0.1, 0.15) is 6.04 Å². The fourth-order valence-corrected chi connectivity index (χ4v) is 2.93. The molecule has 1 heterocycles. The van der Waals surface area contributed by atoms with Crippen LogP contribution in [-0.4, -0.2) is 17.9 Å². The van der Waals surface area contributed by atoms with Crippen LogP contribution in [0.25, 0.3) is 0 Å². The smallest absolute Gasteiger partial charge is 0.256 e. The van der Waals surface area contributed by atoms with Crippen LogP contribution >= 0.6 is 11.6 Å². The van der Waals surface area contributed by atoms with Gasteiger partial charge in [0.15, 0.2) is 0 Å². The van der Waals surface area contributed by atoms with Gasteiger partial charge in [0.05, 0.1) is 12.1 Å². The first-order valence-corrected chi connectivity index (χ1v) is 7.79. The number of rotatable bonds is 3. The minimum Gasteiger partial charge on any atom is -0.373 e. The minimum absolute atomic E-state index is 0.138. The molecule has 0 saturated carbocycles. The highest BCUT2D eigenvalue weighted by Crippen LogP contribution is 2.29. The fourth-order valence-electron chi connectivity index (χ4n) is 2.74. The van der Waals surface area contributed by atoms with Crippen LogP contribution in [0.5, 0.6) is 0 Å². The number of carbonyl (C=O) groups excluding carboxylic acids is 2. The molecule has 5 heteroatoms. The monoisotopic (exact) mass is 328 g/mol. The van der Waals surface area contributed by atoms with Gasteiger partial charge in [-0.1, -0.05) is 29.8 Å². The highest BCUT2D eigenvalue weighted by Gasteiger charge is 2.40. The molecule has 1 aliphatic heterocycles. The summed E-state index contributed by atoms with van der Waals surface area (Å²) in [6.07, 6.45) is 0.138. The Morgan fingerprint density at radius 3 is 2.65 bits per heavy atom. The number of amides is 2. The Kier molecular flexibility index (Phi) is 4.09. The van der Waals surface area contributed by atoms with Crippen LogP contribution in [-0.2, 0) is 9.59 Å². The van der Waals surface area contributed by atoms with Crippen LogP contribution in [0.4, 0.5) is 11.4 Å². The van der Waals surface area contributed by atoms with Crippen molar-refractivity contribution in [3.05, 3.63) is 58.6 Å². The number of hydrogen-bond donors (Lipinski definition) is 1. The number of aryl methyl sites for hydroxylation is 2. The average Bonchev–Trinajstić information content (AvgIpc) is 2.76. The van der Waals surface area contributed by atoms with Crippen molar-refractivity contribution < 1.29 is 9.59 Å². The first-order valence-electron chi connectivity index (χ1n) is 7.42. The Morgan fingerprint density at radius 1 is 1.13 bits per heavy atom. The normalized spacial score (nSPS) is 17.7. The summed E-state index contributed by atoms with van der Waals surface area (Å²) in [5.74, 6) is -0.424. The molecule has 0 aliphatic carbocycles. The summed E-state index contributed by atoms with van der Waals surface area (Å²) in [5, 5.41) is 3.68. The number of benzene rings is 2. The lowest BCUT2D eigenvalue weighted by molar-refractivity contribution is -0.121. The van der Waals surface area contributed by atoms with Crippen molar-refractivity contribution in [3.63, 3.8) is 0 Å². The summed E-state index contributed by atoms with van der Waals surface area (Å²) in [4.78, 5) is 26.3. The Morgan fingerprint density at radius 2 is 1.91 bits per heavy atom. The molecule has 0 spiro atoms. The third-order valence-corrected chi connectivity index (χ3v) is 4.15. The maximum absolute atomic E-state index is 12.7. The zero-order valence-corrected chi connectivity index (χ0v) is 13.7. The average molecular weight is 329 g/mol. The third kappa shape index (κ3) is 3.08. The van der Waals surface area contributed by atoms with E-state index >= 15 is 0 Å². The van der Waals surface area contributed by atoms with Crippen LogP contribution in [0, 0.1) is 13.8 Å². The second kappa shape index (κ2) is 6.05. The van der Waals surface area contributed by atoms with E-state index < -0.39 is 6.04 Å². The van der Waals surface area contributed by atoms with Gasteiger partial charge in [-0.25, -0.2) is 4.90 Å². The van der Waals surface area contributed by atoms with Gasteiger partial charge in [-0.05, 0) is 49.2 Å². The summed E-state index contributed by atoms with van der Waals surface area (Å²) >= 11 is 5.96. The summed E-state index contributed by atoms with van der Waals surface area (Å²) in [7, 11) is 0. The molecule has 4 nitrogen and oxygen atoms in total. The lowest BCUT2D eigenvalue weighted by atomic mass is 10.1. The zero-order chi connectivity index (χ0) is 16.6. The standard InChI is InChI=1S/C18H17ClN2O2/c1-11-6-7-12(2)16(8-11)21-17(22)10-15(18(21)23)20-14-5-3-4-13(19)9-14/h3-9,15,20H,10H2,1-2H3. The Bertz CT molecular complexity index is 788. The molecule has 1 atom stereocenters. The van der Waals surface area contributed by atoms with Gasteiger partial charge in [-0.15, -0.1) is 0 Å². The molecule has 1 unspecified atom stereocenters. The largest absolute Gasteiger partial charge is 0.373 e. The van der Waals surface area contributed by atoms with E-state index in [1.807, 2.05) is 38.1 Å². The summed E-state index contributed by atoms with van der Waals surface area (Å²) < 4.78 is 0. The van der Waals surface area contributed by atoms with Gasteiger partial charge >= 0.3 is 0 Å². The van der Waals surface area contributed by atoms with E-state index in [9.17, 15) is 9.59 Å². The van der Waals surface area contributed by atoms with E-state index in [0.29, 0.717) is 10.7 Å². The number of anilines is 2. The maximum Gasteiger partial charge on any atom is 0.256 e. The van der Waals surface area contributed by atoms with E-state index in [4.69, 9.17) is 11.6 Å². The topological polar surface area (TPSA) is 49.4 Å². The molecular formula is C18H17ClN2O2. The van der Waals surface area contributed by atoms with Crippen molar-refractivity contribution in [1.29, 1.82) is 0 Å². The molecule has 1 N–H and O–H groups in total. The first kappa shape index (κ1) is 15.6. The molecule has 0 aromatic heterocycles. The molecule has 118 valence electrons. The van der Waals surface area contributed by atoms with Crippen LogP contribution in [0.15, 0.2) is 42.5 Å². The molecule has 0 bridgehead atoms. The lowest BCUT2D eigenvalue weighted by Gasteiger charge is -2.18. The number of hydrogen-bond acceptors (Lipinski definition) is 3. The van der Waals surface area contributed by atoms with Crippen LogP contribution in [0.2, 0.25) is 5.02 Å². The molecule has 0 radical (unpaired) electrons. The van der Waals surface area contributed by atoms with E-state index in [0.717, 1.165) is 16.8 Å². The second-order valence-electron chi connectivity index (χ2n) is 5.77. The number of imide groups is 1. The SMILES string of the molecule is Cc1ccc(C)c(N2C(=O)CC(Nc3cccc(Cl)c3)C2=O)c1. The summed E-state index contributed by atoms with van der Waals surface area (Å²) in [6, 6.07) is 12.3. The number of carbonyl (C=O) groups is 2. The molecule has 2 amide bonds. The van der Waals surface area contributed by atoms with Gasteiger partial charge in [0, 0.05) is 10.7 Å². The second-order valence-corrected chi connectivity index (χ2v) is 6.21. The van der Waals surface area contributed by atoms with Gasteiger partial charge in [0.2, 0.25) is 5.91 Å². The van der Waals surface area contributed by atoms with Crippen molar-refractivity contribution in [1.82, 2.24) is 0 Å². The molecule has 3 rings (SSSR count). The first-order chi connectivity index (χ1) is 11.0. The van der Waals surface area contributed by atoms with Crippen molar-refractivity contribution in [3.8, 4) is 0 Å². The van der Waals surface area contributed by atoms with Crippen LogP contribution < -0.4 is 10.2 Å². The van der Waals surface area contributed by atoms with Gasteiger partial charge in [-0.2, -0.15) is 0 Å². The molecular weight excluding hydrogens is 312 g/mol. The van der Waals surface area contributed by atoms with Crippen molar-refractivity contribution >= 4 is 34.8 Å². The van der Waals surface area contributed by atoms with E-state index in [-0.39, 0.29) is 18.2 Å². The Labute approximate surface area is 140 Å². The fraction of sp³-hybridized carbons (Fsp3) is 0.222. The van der Waals surface area contributed by atoms with Crippen LogP contribution in [0.3, 0.4) is 0 Å². The number of nitrogens with one attached hydrogen (secondary N) is 1. The summed E-state index contributed by atoms with van der Waals surface area (Å²) in [5.41, 5.74) is 3.31. The van der Waals surface area contributed by atoms with Gasteiger partial charge in [-0.3, -0.25) is 9.59 Å². The number of halogens is 1. The van der Waals surface area contributed by atoms with Gasteiger partial charge in [0.25, 0.3) is 5.91 Å². The van der Waals surface area contributed by atoms with E-state index in [1.54, 1.807) is 18.2 Å². The number of nitrogens with zero attached hydrogens (tertiary/aromatic N) is 1. The lowest BCUT2D eigenvalue weighted by Crippen LogP contribution is -2.35. The molecule has 1 fully saturated rings. The zero-order valence-electron chi connectivity index (χ0n) is 13.0. The van der Waals surface area contributed by atoms with Crippen LogP contribution in [0.1, 0.15) is 17.5 Å². The Hall–Kier alpha value is -2.33. The van der Waals surface area contributed by atoms with Crippen molar-refractivity contribution in [2.45, 2.75) is 26.3 Å². The molecule has 2 aromatic rings. The maximum atomic E-state index is 12.7. The minimum atomic E-state index is -0.569. The molecule has 2 aromatic carbocycles. The highest BCUT2D eigenvalue weighted by atomic mass is 35.5. The van der Waals surface area contributed by atoms with E-state index in [1.165, 1.54) is 4.90 Å². The molecule has 23 heavy (non-hydrogen) atoms. The highest BCUT2D eigenvalue weighted by molar-refractivity contribution is 6.30. The molecule has 1 aliphatic rings. The molecule has 1 saturated heterocycles. The van der Waals surface area contributed by atoms with Crippen molar-refractivity contribution in [2.24, 2.45) is 0 Å². The van der Waals surface area contributed by atoms with E-state index in [2.05, 4.69) is 5.32 Å².